The van der Waals surface area contributed by atoms with Gasteiger partial charge >= 0.3 is 6.09 Å². The Kier molecular flexibility index (Phi) is 3.01. The summed E-state index contributed by atoms with van der Waals surface area (Å²) in [6.45, 7) is 6.29. The molecule has 0 aromatic rings. The van der Waals surface area contributed by atoms with Gasteiger partial charge in [-0.05, 0) is 31.6 Å². The van der Waals surface area contributed by atoms with E-state index < -0.39 is 6.09 Å². The second-order valence-electron chi connectivity index (χ2n) is 5.85. The van der Waals surface area contributed by atoms with Crippen molar-refractivity contribution in [3.63, 3.8) is 0 Å². The number of carbonyl (C=O) groups is 1. The van der Waals surface area contributed by atoms with E-state index in [0.717, 1.165) is 19.3 Å². The van der Waals surface area contributed by atoms with Gasteiger partial charge in [-0.3, -0.25) is 0 Å². The van der Waals surface area contributed by atoms with Crippen LogP contribution in [0.15, 0.2) is 0 Å². The summed E-state index contributed by atoms with van der Waals surface area (Å²) < 4.78 is 0. The van der Waals surface area contributed by atoms with Gasteiger partial charge in [0, 0.05) is 18.6 Å². The molecule has 1 saturated carbocycles. The van der Waals surface area contributed by atoms with Gasteiger partial charge in [-0.2, -0.15) is 0 Å². The smallest absolute Gasteiger partial charge is 0.407 e. The third-order valence-corrected chi connectivity index (χ3v) is 3.47. The molecule has 15 heavy (non-hydrogen) atoms. The minimum absolute atomic E-state index is 0.0977. The summed E-state index contributed by atoms with van der Waals surface area (Å²) in [6.07, 6.45) is 1.72. The van der Waals surface area contributed by atoms with E-state index >= 15 is 0 Å². The molecule has 0 bridgehead atoms. The third kappa shape index (κ3) is 2.62. The molecule has 1 aliphatic carbocycles. The highest BCUT2D eigenvalue weighted by Crippen LogP contribution is 2.42. The summed E-state index contributed by atoms with van der Waals surface area (Å²) in [4.78, 5) is 12.4. The summed E-state index contributed by atoms with van der Waals surface area (Å²) in [5.74, 6) is 0. The lowest BCUT2D eigenvalue weighted by Crippen LogP contribution is -2.56. The first-order chi connectivity index (χ1) is 6.66. The Balaban J connectivity index is 2.88. The normalized spacial score (nSPS) is 34.9. The van der Waals surface area contributed by atoms with Gasteiger partial charge < -0.3 is 15.7 Å². The Bertz CT molecular complexity index is 265. The second kappa shape index (κ2) is 3.67. The van der Waals surface area contributed by atoms with Crippen LogP contribution in [0.2, 0.25) is 0 Å². The van der Waals surface area contributed by atoms with E-state index in [1.54, 1.807) is 7.05 Å². The van der Waals surface area contributed by atoms with Crippen LogP contribution < -0.4 is 5.73 Å². The Hall–Kier alpha value is -0.770. The zero-order chi connectivity index (χ0) is 11.9. The molecule has 2 unspecified atom stereocenters. The van der Waals surface area contributed by atoms with E-state index in [4.69, 9.17) is 10.8 Å². The minimum atomic E-state index is -0.873. The van der Waals surface area contributed by atoms with Crippen molar-refractivity contribution in [2.24, 2.45) is 11.1 Å². The zero-order valence-corrected chi connectivity index (χ0v) is 10.1. The first kappa shape index (κ1) is 12.3. The van der Waals surface area contributed by atoms with E-state index in [1.807, 2.05) is 6.92 Å². The molecule has 0 aromatic carbocycles. The fourth-order valence-corrected chi connectivity index (χ4v) is 3.01. The van der Waals surface area contributed by atoms with E-state index in [0.29, 0.717) is 0 Å². The fraction of sp³-hybridized carbons (Fsp3) is 0.909. The van der Waals surface area contributed by atoms with Gasteiger partial charge in [-0.25, -0.2) is 4.79 Å². The van der Waals surface area contributed by atoms with Crippen LogP contribution in [0.5, 0.6) is 0 Å². The van der Waals surface area contributed by atoms with Crippen LogP contribution in [0.3, 0.4) is 0 Å². The average molecular weight is 214 g/mol. The van der Waals surface area contributed by atoms with Gasteiger partial charge in [-0.1, -0.05) is 13.8 Å². The lowest BCUT2D eigenvalue weighted by atomic mass is 9.66. The number of amides is 1. The van der Waals surface area contributed by atoms with Gasteiger partial charge in [-0.15, -0.1) is 0 Å². The van der Waals surface area contributed by atoms with Gasteiger partial charge in [0.2, 0.25) is 0 Å². The number of hydrogen-bond acceptors (Lipinski definition) is 2. The summed E-state index contributed by atoms with van der Waals surface area (Å²) in [7, 11) is 1.64. The molecule has 0 radical (unpaired) electrons. The summed E-state index contributed by atoms with van der Waals surface area (Å²) in [5, 5.41) is 9.04. The fourth-order valence-electron chi connectivity index (χ4n) is 3.01. The van der Waals surface area contributed by atoms with Crippen molar-refractivity contribution in [1.82, 2.24) is 4.90 Å². The zero-order valence-electron chi connectivity index (χ0n) is 10.1. The number of carboxylic acid groups (broad SMARTS) is 1. The molecule has 0 aliphatic heterocycles. The first-order valence-corrected chi connectivity index (χ1v) is 5.39. The van der Waals surface area contributed by atoms with Crippen LogP contribution in [0, 0.1) is 5.41 Å². The quantitative estimate of drug-likeness (QED) is 0.700. The monoisotopic (exact) mass is 214 g/mol. The van der Waals surface area contributed by atoms with Gasteiger partial charge in [0.25, 0.3) is 0 Å². The number of nitrogens with zero attached hydrogens (tertiary/aromatic N) is 1. The predicted molar refractivity (Wildman–Crippen MR) is 59.8 cm³/mol. The van der Waals surface area contributed by atoms with E-state index in [1.165, 1.54) is 4.90 Å². The number of hydrogen-bond donors (Lipinski definition) is 2. The van der Waals surface area contributed by atoms with Crippen LogP contribution in [0.4, 0.5) is 4.79 Å². The Morgan fingerprint density at radius 3 is 2.33 bits per heavy atom. The topological polar surface area (TPSA) is 66.6 Å². The van der Waals surface area contributed by atoms with Gasteiger partial charge in [0.1, 0.15) is 0 Å². The largest absolute Gasteiger partial charge is 0.465 e. The lowest BCUT2D eigenvalue weighted by Gasteiger charge is -2.49. The third-order valence-electron chi connectivity index (χ3n) is 3.47. The Labute approximate surface area is 91.4 Å². The molecule has 3 N–H and O–H groups in total. The Morgan fingerprint density at radius 2 is 1.93 bits per heavy atom. The van der Waals surface area contributed by atoms with Crippen molar-refractivity contribution in [2.45, 2.75) is 51.6 Å². The highest BCUT2D eigenvalue weighted by atomic mass is 16.4. The lowest BCUT2D eigenvalue weighted by molar-refractivity contribution is 0.0300. The van der Waals surface area contributed by atoms with E-state index in [9.17, 15) is 4.79 Å². The Morgan fingerprint density at radius 1 is 1.40 bits per heavy atom. The number of nitrogens with two attached hydrogens (primary N) is 1. The molecule has 0 aromatic heterocycles. The van der Waals surface area contributed by atoms with Crippen LogP contribution in [-0.4, -0.2) is 34.7 Å². The molecule has 4 heteroatoms. The highest BCUT2D eigenvalue weighted by molar-refractivity contribution is 5.65. The SMILES string of the molecule is CN(C(=O)O)C1(C)CC(N)CC(C)(C)C1. The molecule has 1 fully saturated rings. The number of rotatable bonds is 1. The average Bonchev–Trinajstić information content (AvgIpc) is 1.97. The maximum Gasteiger partial charge on any atom is 0.407 e. The van der Waals surface area contributed by atoms with Crippen LogP contribution >= 0.6 is 0 Å². The molecule has 88 valence electrons. The molecule has 1 amide bonds. The van der Waals surface area contributed by atoms with E-state index in [2.05, 4.69) is 13.8 Å². The van der Waals surface area contributed by atoms with Crippen molar-refractivity contribution in [3.8, 4) is 0 Å². The molecule has 1 rings (SSSR count). The molecule has 0 spiro atoms. The predicted octanol–water partition coefficient (Wildman–Crippen LogP) is 1.89. The standard InChI is InChI=1S/C11H22N2O2/c1-10(2)5-8(12)6-11(3,7-10)13(4)9(14)15/h8H,5-7,12H2,1-4H3,(H,14,15). The van der Waals surface area contributed by atoms with Crippen LogP contribution in [-0.2, 0) is 0 Å². The summed E-state index contributed by atoms with van der Waals surface area (Å²) in [5.41, 5.74) is 5.80. The van der Waals surface area contributed by atoms with Crippen LogP contribution in [0.1, 0.15) is 40.0 Å². The maximum atomic E-state index is 11.0. The molecule has 1 aliphatic rings. The molecule has 2 atom stereocenters. The van der Waals surface area contributed by atoms with Crippen molar-refractivity contribution >= 4 is 6.09 Å². The van der Waals surface area contributed by atoms with Crippen molar-refractivity contribution < 1.29 is 9.90 Å². The molecule has 4 nitrogen and oxygen atoms in total. The van der Waals surface area contributed by atoms with Gasteiger partial charge in [0.15, 0.2) is 0 Å². The van der Waals surface area contributed by atoms with Crippen molar-refractivity contribution in [3.05, 3.63) is 0 Å². The molecule has 0 saturated heterocycles. The molecular weight excluding hydrogens is 192 g/mol. The second-order valence-corrected chi connectivity index (χ2v) is 5.85. The van der Waals surface area contributed by atoms with Crippen molar-refractivity contribution in [2.75, 3.05) is 7.05 Å². The van der Waals surface area contributed by atoms with Crippen molar-refractivity contribution in [1.29, 1.82) is 0 Å². The maximum absolute atomic E-state index is 11.0. The van der Waals surface area contributed by atoms with Gasteiger partial charge in [0.05, 0.1) is 0 Å². The first-order valence-electron chi connectivity index (χ1n) is 5.39. The van der Waals surface area contributed by atoms with Crippen LogP contribution in [0.25, 0.3) is 0 Å². The minimum Gasteiger partial charge on any atom is -0.465 e. The summed E-state index contributed by atoms with van der Waals surface area (Å²) >= 11 is 0. The highest BCUT2D eigenvalue weighted by Gasteiger charge is 2.44. The summed E-state index contributed by atoms with van der Waals surface area (Å²) in [6, 6.07) is 0.0977. The molecular formula is C11H22N2O2. The molecule has 0 heterocycles. The van der Waals surface area contributed by atoms with E-state index in [-0.39, 0.29) is 17.0 Å².